The summed E-state index contributed by atoms with van der Waals surface area (Å²) in [6.07, 6.45) is 1.89. The number of aromatic nitrogens is 4. The van der Waals surface area contributed by atoms with Crippen molar-refractivity contribution in [1.29, 1.82) is 0 Å². The molecule has 0 N–H and O–H groups in total. The Morgan fingerprint density at radius 1 is 1.24 bits per heavy atom. The van der Waals surface area contributed by atoms with Crippen LogP contribution in [0.4, 0.5) is 0 Å². The van der Waals surface area contributed by atoms with Gasteiger partial charge in [0.2, 0.25) is 10.9 Å². The maximum absolute atomic E-state index is 12.3. The molecule has 2 aromatic heterocycles. The van der Waals surface area contributed by atoms with E-state index in [0.717, 1.165) is 28.0 Å². The Morgan fingerprint density at radius 2 is 2.00 bits per heavy atom. The summed E-state index contributed by atoms with van der Waals surface area (Å²) in [7, 11) is 3.49. The molecule has 132 valence electrons. The second kappa shape index (κ2) is 7.60. The number of hydrogen-bond donors (Lipinski definition) is 0. The third kappa shape index (κ3) is 4.14. The molecule has 1 aromatic carbocycles. The number of benzene rings is 1. The minimum Gasteiger partial charge on any atom is -0.497 e. The quantitative estimate of drug-likeness (QED) is 0.646. The van der Waals surface area contributed by atoms with E-state index in [1.54, 1.807) is 16.5 Å². The number of amides is 1. The Bertz CT molecular complexity index is 856. The summed E-state index contributed by atoms with van der Waals surface area (Å²) < 4.78 is 6.87. The van der Waals surface area contributed by atoms with Crippen LogP contribution in [0.5, 0.6) is 5.75 Å². The lowest BCUT2D eigenvalue weighted by molar-refractivity contribution is -0.129. The summed E-state index contributed by atoms with van der Waals surface area (Å²) in [5.74, 6) is 1.73. The minimum atomic E-state index is 0.121. The molecular weight excluding hydrogens is 338 g/mol. The van der Waals surface area contributed by atoms with Crippen LogP contribution in [0.1, 0.15) is 22.8 Å². The van der Waals surface area contributed by atoms with Crippen LogP contribution in [0.3, 0.4) is 0 Å². The number of hydrogen-bond acceptors (Lipinski definition) is 6. The summed E-state index contributed by atoms with van der Waals surface area (Å²) in [6, 6.07) is 7.93. The van der Waals surface area contributed by atoms with Gasteiger partial charge in [-0.05, 0) is 31.0 Å². The Balaban J connectivity index is 1.48. The van der Waals surface area contributed by atoms with Crippen LogP contribution in [-0.4, -0.2) is 51.3 Å². The molecular formula is C17H21N5O2S. The van der Waals surface area contributed by atoms with E-state index in [4.69, 9.17) is 4.74 Å². The predicted octanol–water partition coefficient (Wildman–Crippen LogP) is 2.14. The molecule has 1 amide bonds. The lowest BCUT2D eigenvalue weighted by Crippen LogP contribution is -2.29. The number of carbonyl (C=O) groups excluding carboxylic acids is 1. The molecule has 0 saturated heterocycles. The molecule has 7 nitrogen and oxygen atoms in total. The smallest absolute Gasteiger partial charge is 0.234 e. The molecule has 0 aliphatic rings. The highest BCUT2D eigenvalue weighted by Gasteiger charge is 2.13. The highest BCUT2D eigenvalue weighted by Crippen LogP contribution is 2.16. The van der Waals surface area contributed by atoms with Gasteiger partial charge in [-0.25, -0.2) is 0 Å². The van der Waals surface area contributed by atoms with Crippen LogP contribution >= 0.6 is 11.3 Å². The zero-order valence-corrected chi connectivity index (χ0v) is 15.4. The van der Waals surface area contributed by atoms with E-state index in [9.17, 15) is 4.79 Å². The molecule has 2 heterocycles. The Morgan fingerprint density at radius 3 is 2.68 bits per heavy atom. The lowest BCUT2D eigenvalue weighted by Gasteiger charge is -2.17. The van der Waals surface area contributed by atoms with Gasteiger partial charge in [-0.15, -0.1) is 10.2 Å². The third-order valence-corrected chi connectivity index (χ3v) is 5.02. The van der Waals surface area contributed by atoms with Crippen LogP contribution in [0, 0.1) is 6.92 Å². The molecule has 3 rings (SSSR count). The standard InChI is InChI=1S/C17H21N5O2S/c1-12-18-19-17-22(12)20-15(25-17)8-9-16(23)21(2)11-10-13-4-6-14(24-3)7-5-13/h4-7H,8-11H2,1-3H3. The first-order valence-corrected chi connectivity index (χ1v) is 8.93. The van der Waals surface area contributed by atoms with E-state index in [1.165, 1.54) is 16.9 Å². The molecule has 0 spiro atoms. The molecule has 0 aliphatic heterocycles. The second-order valence-corrected chi connectivity index (χ2v) is 6.89. The second-order valence-electron chi connectivity index (χ2n) is 5.85. The highest BCUT2D eigenvalue weighted by molar-refractivity contribution is 7.16. The van der Waals surface area contributed by atoms with Crippen molar-refractivity contribution in [2.45, 2.75) is 26.2 Å². The van der Waals surface area contributed by atoms with E-state index in [1.807, 2.05) is 38.2 Å². The van der Waals surface area contributed by atoms with Gasteiger partial charge in [0.15, 0.2) is 5.82 Å². The fourth-order valence-electron chi connectivity index (χ4n) is 2.47. The zero-order valence-electron chi connectivity index (χ0n) is 14.6. The fourth-order valence-corrected chi connectivity index (χ4v) is 3.35. The molecule has 25 heavy (non-hydrogen) atoms. The van der Waals surface area contributed by atoms with Crippen LogP contribution in [0.15, 0.2) is 24.3 Å². The van der Waals surface area contributed by atoms with Gasteiger partial charge >= 0.3 is 0 Å². The van der Waals surface area contributed by atoms with Crippen molar-refractivity contribution >= 4 is 22.2 Å². The number of fused-ring (bicyclic) bond motifs is 1. The summed E-state index contributed by atoms with van der Waals surface area (Å²) >= 11 is 1.48. The Hall–Kier alpha value is -2.48. The maximum Gasteiger partial charge on any atom is 0.234 e. The SMILES string of the molecule is COc1ccc(CCN(C)C(=O)CCc2nn3c(C)nnc3s2)cc1. The van der Waals surface area contributed by atoms with Crippen molar-refractivity contribution < 1.29 is 9.53 Å². The molecule has 0 atom stereocenters. The van der Waals surface area contributed by atoms with Gasteiger partial charge in [-0.3, -0.25) is 4.79 Å². The minimum absolute atomic E-state index is 0.121. The molecule has 0 fully saturated rings. The molecule has 0 unspecified atom stereocenters. The number of rotatable bonds is 7. The van der Waals surface area contributed by atoms with Gasteiger partial charge in [0.25, 0.3) is 0 Å². The van der Waals surface area contributed by atoms with Crippen LogP contribution in [0.2, 0.25) is 0 Å². The first-order valence-electron chi connectivity index (χ1n) is 8.11. The van der Waals surface area contributed by atoms with Crippen LogP contribution < -0.4 is 4.74 Å². The van der Waals surface area contributed by atoms with Crippen molar-refractivity contribution in [3.8, 4) is 5.75 Å². The molecule has 0 aliphatic carbocycles. The predicted molar refractivity (Wildman–Crippen MR) is 96.1 cm³/mol. The first-order chi connectivity index (χ1) is 12.1. The average Bonchev–Trinajstić information content (AvgIpc) is 3.19. The normalized spacial score (nSPS) is 11.0. The number of aryl methyl sites for hydroxylation is 2. The van der Waals surface area contributed by atoms with Crippen molar-refractivity contribution in [3.05, 3.63) is 40.7 Å². The van der Waals surface area contributed by atoms with E-state index < -0.39 is 0 Å². The zero-order chi connectivity index (χ0) is 17.8. The summed E-state index contributed by atoms with van der Waals surface area (Å²) in [4.78, 5) is 14.9. The van der Waals surface area contributed by atoms with Crippen molar-refractivity contribution in [2.75, 3.05) is 20.7 Å². The Labute approximate surface area is 150 Å². The number of likely N-dealkylation sites (N-methyl/N-ethyl adjacent to an activating group) is 1. The highest BCUT2D eigenvalue weighted by atomic mass is 32.1. The third-order valence-electron chi connectivity index (χ3n) is 4.06. The van der Waals surface area contributed by atoms with Crippen molar-refractivity contribution in [3.63, 3.8) is 0 Å². The summed E-state index contributed by atoms with van der Waals surface area (Å²) in [6.45, 7) is 2.55. The maximum atomic E-state index is 12.3. The molecule has 0 saturated carbocycles. The van der Waals surface area contributed by atoms with Crippen LogP contribution in [-0.2, 0) is 17.6 Å². The van der Waals surface area contributed by atoms with Crippen LogP contribution in [0.25, 0.3) is 4.96 Å². The van der Waals surface area contributed by atoms with Gasteiger partial charge in [0.1, 0.15) is 10.8 Å². The molecule has 3 aromatic rings. The van der Waals surface area contributed by atoms with Gasteiger partial charge in [0, 0.05) is 26.4 Å². The monoisotopic (exact) mass is 359 g/mol. The van der Waals surface area contributed by atoms with E-state index in [-0.39, 0.29) is 5.91 Å². The lowest BCUT2D eigenvalue weighted by atomic mass is 10.1. The average molecular weight is 359 g/mol. The number of methoxy groups -OCH3 is 1. The fraction of sp³-hybridized carbons (Fsp3) is 0.412. The molecule has 0 radical (unpaired) electrons. The number of carbonyl (C=O) groups is 1. The van der Waals surface area contributed by atoms with E-state index >= 15 is 0 Å². The first kappa shape index (κ1) is 17.3. The largest absolute Gasteiger partial charge is 0.497 e. The molecule has 8 heteroatoms. The van der Waals surface area contributed by atoms with Crippen molar-refractivity contribution in [1.82, 2.24) is 24.7 Å². The summed E-state index contributed by atoms with van der Waals surface area (Å²) in [5.41, 5.74) is 1.18. The van der Waals surface area contributed by atoms with Gasteiger partial charge < -0.3 is 9.64 Å². The van der Waals surface area contributed by atoms with Gasteiger partial charge in [-0.1, -0.05) is 23.5 Å². The van der Waals surface area contributed by atoms with Gasteiger partial charge in [-0.2, -0.15) is 9.61 Å². The number of ether oxygens (including phenoxy) is 1. The Kier molecular flexibility index (Phi) is 5.28. The summed E-state index contributed by atoms with van der Waals surface area (Å²) in [5, 5.41) is 13.4. The van der Waals surface area contributed by atoms with E-state index in [0.29, 0.717) is 19.4 Å². The van der Waals surface area contributed by atoms with Gasteiger partial charge in [0.05, 0.1) is 7.11 Å². The molecule has 0 bridgehead atoms. The number of nitrogens with zero attached hydrogens (tertiary/aromatic N) is 5. The van der Waals surface area contributed by atoms with E-state index in [2.05, 4.69) is 15.3 Å². The van der Waals surface area contributed by atoms with Crippen molar-refractivity contribution in [2.24, 2.45) is 0 Å². The topological polar surface area (TPSA) is 72.6 Å².